The maximum absolute atomic E-state index is 12.0. The number of rotatable bonds is 2. The van der Waals surface area contributed by atoms with E-state index in [2.05, 4.69) is 21.4 Å². The van der Waals surface area contributed by atoms with Crippen molar-refractivity contribution in [2.75, 3.05) is 0 Å². The molecule has 0 radical (unpaired) electrons. The van der Waals surface area contributed by atoms with Crippen molar-refractivity contribution in [2.24, 2.45) is 0 Å². The normalized spacial score (nSPS) is 18.6. The molecule has 5 nitrogen and oxygen atoms in total. The van der Waals surface area contributed by atoms with Crippen LogP contribution in [0.3, 0.4) is 0 Å². The number of hydrogen-bond acceptors (Lipinski definition) is 3. The molecule has 2 aromatic rings. The molecule has 0 saturated heterocycles. The van der Waals surface area contributed by atoms with Gasteiger partial charge in [0.1, 0.15) is 5.60 Å². The van der Waals surface area contributed by atoms with E-state index in [1.807, 2.05) is 39.1 Å². The molecular formula is C18H23N3O2. The van der Waals surface area contributed by atoms with Gasteiger partial charge in [-0.15, -0.1) is 0 Å². The van der Waals surface area contributed by atoms with E-state index in [1.165, 1.54) is 5.57 Å². The summed E-state index contributed by atoms with van der Waals surface area (Å²) in [6.45, 7) is 5.61. The second-order valence-corrected chi connectivity index (χ2v) is 6.96. The second-order valence-electron chi connectivity index (χ2n) is 6.96. The van der Waals surface area contributed by atoms with Crippen LogP contribution in [0, 0.1) is 0 Å². The summed E-state index contributed by atoms with van der Waals surface area (Å²) < 4.78 is 5.35. The zero-order chi connectivity index (χ0) is 16.4. The number of nitrogens with one attached hydrogen (secondary N) is 2. The third-order valence-corrected chi connectivity index (χ3v) is 3.87. The molecular weight excluding hydrogens is 290 g/mol. The van der Waals surface area contributed by atoms with Gasteiger partial charge >= 0.3 is 6.09 Å². The summed E-state index contributed by atoms with van der Waals surface area (Å²) in [5.41, 5.74) is 3.89. The number of amides is 1. The van der Waals surface area contributed by atoms with Crippen molar-refractivity contribution in [3.63, 3.8) is 0 Å². The Balaban J connectivity index is 1.71. The summed E-state index contributed by atoms with van der Waals surface area (Å²) in [5, 5.41) is 2.98. The van der Waals surface area contributed by atoms with E-state index in [0.29, 0.717) is 0 Å². The van der Waals surface area contributed by atoms with Gasteiger partial charge in [-0.05, 0) is 57.7 Å². The number of nitrogens with zero attached hydrogens (tertiary/aromatic N) is 1. The van der Waals surface area contributed by atoms with Gasteiger partial charge in [0.15, 0.2) is 0 Å². The van der Waals surface area contributed by atoms with E-state index in [-0.39, 0.29) is 12.1 Å². The lowest BCUT2D eigenvalue weighted by atomic mass is 9.91. The lowest BCUT2D eigenvalue weighted by Crippen LogP contribution is -2.39. The van der Waals surface area contributed by atoms with Crippen LogP contribution in [-0.2, 0) is 4.74 Å². The van der Waals surface area contributed by atoms with Crippen molar-refractivity contribution < 1.29 is 9.53 Å². The monoisotopic (exact) mass is 313 g/mol. The molecule has 2 N–H and O–H groups in total. The van der Waals surface area contributed by atoms with Crippen molar-refractivity contribution in [1.29, 1.82) is 0 Å². The van der Waals surface area contributed by atoms with Gasteiger partial charge < -0.3 is 15.0 Å². The first-order valence-corrected chi connectivity index (χ1v) is 8.03. The van der Waals surface area contributed by atoms with E-state index in [1.54, 1.807) is 6.20 Å². The molecule has 0 saturated carbocycles. The van der Waals surface area contributed by atoms with E-state index in [0.717, 1.165) is 35.9 Å². The van der Waals surface area contributed by atoms with Gasteiger partial charge in [-0.2, -0.15) is 0 Å². The maximum atomic E-state index is 12.0. The van der Waals surface area contributed by atoms with Crippen LogP contribution in [0.15, 0.2) is 30.6 Å². The Labute approximate surface area is 136 Å². The molecule has 0 fully saturated rings. The van der Waals surface area contributed by atoms with Crippen molar-refractivity contribution in [2.45, 2.75) is 51.7 Å². The van der Waals surface area contributed by atoms with E-state index in [9.17, 15) is 4.79 Å². The van der Waals surface area contributed by atoms with Crippen molar-refractivity contribution in [3.05, 3.63) is 36.2 Å². The lowest BCUT2D eigenvalue weighted by Gasteiger charge is -2.26. The first-order valence-electron chi connectivity index (χ1n) is 8.03. The average Bonchev–Trinajstić information content (AvgIpc) is 2.89. The van der Waals surface area contributed by atoms with E-state index >= 15 is 0 Å². The zero-order valence-electron chi connectivity index (χ0n) is 13.8. The maximum Gasteiger partial charge on any atom is 0.407 e. The van der Waals surface area contributed by atoms with Crippen molar-refractivity contribution >= 4 is 22.7 Å². The first kappa shape index (κ1) is 15.6. The molecule has 1 atom stereocenters. The van der Waals surface area contributed by atoms with Crippen LogP contribution in [0.5, 0.6) is 0 Å². The Morgan fingerprint density at radius 3 is 3.04 bits per heavy atom. The van der Waals surface area contributed by atoms with Crippen LogP contribution in [0.2, 0.25) is 0 Å². The summed E-state index contributed by atoms with van der Waals surface area (Å²) in [7, 11) is 0. The smallest absolute Gasteiger partial charge is 0.407 e. The van der Waals surface area contributed by atoms with E-state index < -0.39 is 5.60 Å². The van der Waals surface area contributed by atoms with E-state index in [4.69, 9.17) is 4.74 Å². The Bertz CT molecular complexity index is 740. The Morgan fingerprint density at radius 1 is 1.43 bits per heavy atom. The van der Waals surface area contributed by atoms with Gasteiger partial charge in [-0.1, -0.05) is 6.08 Å². The summed E-state index contributed by atoms with van der Waals surface area (Å²) in [4.78, 5) is 19.7. The number of hydrogen-bond donors (Lipinski definition) is 2. The minimum atomic E-state index is -0.474. The van der Waals surface area contributed by atoms with Gasteiger partial charge in [0.2, 0.25) is 0 Å². The number of aromatic nitrogens is 2. The molecule has 0 aliphatic heterocycles. The first-order chi connectivity index (χ1) is 10.9. The molecule has 1 amide bonds. The van der Waals surface area contributed by atoms with Crippen LogP contribution >= 0.6 is 0 Å². The number of ether oxygens (including phenoxy) is 1. The molecule has 0 aromatic carbocycles. The molecule has 3 rings (SSSR count). The fourth-order valence-electron chi connectivity index (χ4n) is 2.93. The van der Waals surface area contributed by atoms with Gasteiger partial charge in [0, 0.05) is 24.0 Å². The lowest BCUT2D eigenvalue weighted by molar-refractivity contribution is 0.0502. The summed E-state index contributed by atoms with van der Waals surface area (Å²) in [6, 6.07) is 4.04. The molecule has 23 heavy (non-hydrogen) atoms. The second kappa shape index (κ2) is 6.07. The number of fused-ring (bicyclic) bond motifs is 1. The van der Waals surface area contributed by atoms with Crippen LogP contribution in [0.25, 0.3) is 16.6 Å². The zero-order valence-corrected chi connectivity index (χ0v) is 13.8. The third kappa shape index (κ3) is 3.73. The van der Waals surface area contributed by atoms with Crippen molar-refractivity contribution in [3.8, 4) is 0 Å². The molecule has 1 unspecified atom stereocenters. The van der Waals surface area contributed by atoms with Gasteiger partial charge in [0.05, 0.1) is 11.0 Å². The van der Waals surface area contributed by atoms with Crippen LogP contribution in [0.1, 0.15) is 45.6 Å². The summed E-state index contributed by atoms with van der Waals surface area (Å²) in [5.74, 6) is 0. The number of carbonyl (C=O) groups is 1. The predicted octanol–water partition coefficient (Wildman–Crippen LogP) is 4.02. The number of pyridine rings is 1. The highest BCUT2D eigenvalue weighted by Crippen LogP contribution is 2.31. The largest absolute Gasteiger partial charge is 0.444 e. The highest BCUT2D eigenvalue weighted by Gasteiger charge is 2.23. The summed E-state index contributed by atoms with van der Waals surface area (Å²) in [6.07, 6.45) is 8.36. The number of H-pyrrole nitrogens is 1. The van der Waals surface area contributed by atoms with Gasteiger partial charge in [0.25, 0.3) is 0 Å². The number of allylic oxidation sites excluding steroid dienone is 1. The fourth-order valence-corrected chi connectivity index (χ4v) is 2.93. The van der Waals surface area contributed by atoms with Gasteiger partial charge in [-0.3, -0.25) is 4.98 Å². The molecule has 0 bridgehead atoms. The molecule has 2 heterocycles. The van der Waals surface area contributed by atoms with Crippen LogP contribution in [0.4, 0.5) is 4.79 Å². The number of aromatic amines is 1. The minimum absolute atomic E-state index is 0.0958. The molecule has 2 aromatic heterocycles. The minimum Gasteiger partial charge on any atom is -0.444 e. The third-order valence-electron chi connectivity index (χ3n) is 3.87. The number of carbonyl (C=O) groups excluding carboxylic acids is 1. The Morgan fingerprint density at radius 2 is 2.26 bits per heavy atom. The van der Waals surface area contributed by atoms with Crippen LogP contribution in [-0.4, -0.2) is 27.7 Å². The predicted molar refractivity (Wildman–Crippen MR) is 91.1 cm³/mol. The standard InChI is InChI=1S/C18H23N3O2/c1-18(2,3)23-17(22)21-13-7-4-6-12(10-13)14-11-20-15-8-5-9-19-16(14)15/h5-6,8-9,11,13,20H,4,7,10H2,1-3H3,(H,21,22). The fraction of sp³-hybridized carbons (Fsp3) is 0.444. The van der Waals surface area contributed by atoms with Crippen LogP contribution < -0.4 is 5.32 Å². The molecule has 5 heteroatoms. The molecule has 1 aliphatic rings. The highest BCUT2D eigenvalue weighted by molar-refractivity contribution is 5.89. The topological polar surface area (TPSA) is 67.0 Å². The SMILES string of the molecule is CC(C)(C)OC(=O)NC1CCC=C(c2c[nH]c3cccnc23)C1. The highest BCUT2D eigenvalue weighted by atomic mass is 16.6. The average molecular weight is 313 g/mol. The molecule has 0 spiro atoms. The Hall–Kier alpha value is -2.30. The molecule has 122 valence electrons. The molecule has 1 aliphatic carbocycles. The van der Waals surface area contributed by atoms with Crippen molar-refractivity contribution in [1.82, 2.24) is 15.3 Å². The van der Waals surface area contributed by atoms with Gasteiger partial charge in [-0.25, -0.2) is 4.79 Å². The quantitative estimate of drug-likeness (QED) is 0.880. The Kier molecular flexibility index (Phi) is 4.11. The number of alkyl carbamates (subject to hydrolysis) is 1. The summed E-state index contributed by atoms with van der Waals surface area (Å²) >= 11 is 0.